The van der Waals surface area contributed by atoms with E-state index in [2.05, 4.69) is 11.1 Å². The van der Waals surface area contributed by atoms with Crippen LogP contribution in [-0.2, 0) is 22.6 Å². The highest BCUT2D eigenvalue weighted by Crippen LogP contribution is 2.44. The van der Waals surface area contributed by atoms with Gasteiger partial charge in [0.25, 0.3) is 0 Å². The quantitative estimate of drug-likeness (QED) is 0.376. The molecule has 1 saturated heterocycles. The average Bonchev–Trinajstić information content (AvgIpc) is 3.30. The van der Waals surface area contributed by atoms with Crippen LogP contribution in [-0.4, -0.2) is 52.9 Å². The zero-order valence-electron chi connectivity index (χ0n) is 21.2. The van der Waals surface area contributed by atoms with Crippen LogP contribution in [0, 0.1) is 0 Å². The Morgan fingerprint density at radius 2 is 1.82 bits per heavy atom. The number of aromatic nitrogens is 1. The Balaban J connectivity index is 1.46. The van der Waals surface area contributed by atoms with Crippen molar-refractivity contribution in [3.63, 3.8) is 0 Å². The van der Waals surface area contributed by atoms with Gasteiger partial charge in [-0.05, 0) is 47.9 Å². The number of aromatic amines is 1. The van der Waals surface area contributed by atoms with Gasteiger partial charge in [0.05, 0.1) is 19.8 Å². The van der Waals surface area contributed by atoms with E-state index < -0.39 is 12.1 Å². The molecule has 3 heterocycles. The van der Waals surface area contributed by atoms with Crippen molar-refractivity contribution < 1.29 is 19.1 Å². The van der Waals surface area contributed by atoms with E-state index in [0.717, 1.165) is 33.3 Å². The maximum Gasteiger partial charge on any atom is 0.246 e. The third kappa shape index (κ3) is 3.98. The van der Waals surface area contributed by atoms with Crippen LogP contribution >= 0.6 is 11.6 Å². The standard InChI is InChI=1S/C30H28ClN3O4/c1-3-38-25-13-12-18(14-26(25)37-2)29-28-21(20-9-5-7-11-23(20)32-28)15-24-30(36)33(17-27(35)34(24)29)16-19-8-4-6-10-22(19)31/h4-14,24,29,32H,3,15-17H2,1-2H3. The normalized spacial score (nSPS) is 18.9. The molecule has 3 aromatic carbocycles. The minimum atomic E-state index is -0.631. The van der Waals surface area contributed by atoms with E-state index in [9.17, 15) is 9.59 Å². The summed E-state index contributed by atoms with van der Waals surface area (Å²) in [5.41, 5.74) is 4.63. The molecule has 2 unspecified atom stereocenters. The molecular formula is C30H28ClN3O4. The Hall–Kier alpha value is -3.97. The molecule has 0 spiro atoms. The second kappa shape index (κ2) is 9.72. The number of carbonyl (C=O) groups is 2. The van der Waals surface area contributed by atoms with Crippen molar-refractivity contribution in [1.82, 2.24) is 14.8 Å². The van der Waals surface area contributed by atoms with E-state index in [1.807, 2.05) is 61.5 Å². The average molecular weight is 530 g/mol. The van der Waals surface area contributed by atoms with Crippen LogP contribution < -0.4 is 9.47 Å². The Bertz CT molecular complexity index is 1550. The first kappa shape index (κ1) is 24.4. The smallest absolute Gasteiger partial charge is 0.246 e. The van der Waals surface area contributed by atoms with E-state index >= 15 is 0 Å². The summed E-state index contributed by atoms with van der Waals surface area (Å²) in [5.74, 6) is 1.03. The van der Waals surface area contributed by atoms with Gasteiger partial charge < -0.3 is 24.3 Å². The summed E-state index contributed by atoms with van der Waals surface area (Å²) in [6, 6.07) is 20.1. The molecule has 1 fully saturated rings. The molecule has 0 aliphatic carbocycles. The molecule has 6 rings (SSSR count). The highest BCUT2D eigenvalue weighted by atomic mass is 35.5. The van der Waals surface area contributed by atoms with E-state index in [0.29, 0.717) is 29.5 Å². The number of para-hydroxylation sites is 1. The second-order valence-electron chi connectivity index (χ2n) is 9.62. The monoisotopic (exact) mass is 529 g/mol. The fraction of sp³-hybridized carbons (Fsp3) is 0.267. The highest BCUT2D eigenvalue weighted by molar-refractivity contribution is 6.31. The number of rotatable bonds is 6. The van der Waals surface area contributed by atoms with E-state index in [4.69, 9.17) is 21.1 Å². The van der Waals surface area contributed by atoms with E-state index in [-0.39, 0.29) is 24.9 Å². The fourth-order valence-electron chi connectivity index (χ4n) is 5.76. The van der Waals surface area contributed by atoms with Crippen LogP contribution in [0.4, 0.5) is 0 Å². The Kier molecular flexibility index (Phi) is 6.24. The summed E-state index contributed by atoms with van der Waals surface area (Å²) in [6.45, 7) is 2.70. The fourth-order valence-corrected chi connectivity index (χ4v) is 5.96. The zero-order chi connectivity index (χ0) is 26.4. The number of amides is 2. The van der Waals surface area contributed by atoms with Crippen LogP contribution in [0.3, 0.4) is 0 Å². The largest absolute Gasteiger partial charge is 0.493 e. The van der Waals surface area contributed by atoms with Gasteiger partial charge in [-0.15, -0.1) is 0 Å². The third-order valence-electron chi connectivity index (χ3n) is 7.46. The molecule has 8 heteroatoms. The second-order valence-corrected chi connectivity index (χ2v) is 10.0. The van der Waals surface area contributed by atoms with Gasteiger partial charge in [-0.25, -0.2) is 0 Å². The lowest BCUT2D eigenvalue weighted by Crippen LogP contribution is -2.62. The first-order chi connectivity index (χ1) is 18.5. The van der Waals surface area contributed by atoms with Crippen molar-refractivity contribution in [2.45, 2.75) is 32.0 Å². The maximum absolute atomic E-state index is 14.0. The minimum absolute atomic E-state index is 0.0131. The maximum atomic E-state index is 14.0. The van der Waals surface area contributed by atoms with Crippen LogP contribution in [0.2, 0.25) is 5.02 Å². The number of halogens is 1. The molecule has 2 aliphatic heterocycles. The van der Waals surface area contributed by atoms with Gasteiger partial charge in [-0.1, -0.05) is 54.1 Å². The molecule has 4 aromatic rings. The number of hydrogen-bond donors (Lipinski definition) is 1. The molecular weight excluding hydrogens is 502 g/mol. The molecule has 1 N–H and O–H groups in total. The molecule has 1 aromatic heterocycles. The number of methoxy groups -OCH3 is 1. The molecule has 7 nitrogen and oxygen atoms in total. The van der Waals surface area contributed by atoms with Crippen molar-refractivity contribution in [2.24, 2.45) is 0 Å². The number of piperazine rings is 1. The highest BCUT2D eigenvalue weighted by Gasteiger charge is 2.48. The van der Waals surface area contributed by atoms with Crippen molar-refractivity contribution in [1.29, 1.82) is 0 Å². The summed E-state index contributed by atoms with van der Waals surface area (Å²) in [7, 11) is 1.60. The van der Waals surface area contributed by atoms with Gasteiger partial charge in [0, 0.05) is 34.6 Å². The molecule has 38 heavy (non-hydrogen) atoms. The first-order valence-electron chi connectivity index (χ1n) is 12.7. The van der Waals surface area contributed by atoms with Crippen molar-refractivity contribution in [3.05, 3.63) is 94.1 Å². The van der Waals surface area contributed by atoms with Crippen LogP contribution in [0.15, 0.2) is 66.7 Å². The summed E-state index contributed by atoms with van der Waals surface area (Å²) in [5, 5.41) is 1.64. The summed E-state index contributed by atoms with van der Waals surface area (Å²) >= 11 is 6.39. The summed E-state index contributed by atoms with van der Waals surface area (Å²) in [4.78, 5) is 34.7. The molecule has 0 bridgehead atoms. The SMILES string of the molecule is CCOc1ccc(C2c3[nH]c4ccccc4c3CC3C(=O)N(Cc4ccccc4Cl)CC(=O)N32)cc1OC. The number of fused-ring (bicyclic) bond motifs is 4. The topological polar surface area (TPSA) is 74.9 Å². The van der Waals surface area contributed by atoms with Gasteiger partial charge in [0.15, 0.2) is 11.5 Å². The van der Waals surface area contributed by atoms with Crippen molar-refractivity contribution in [3.8, 4) is 11.5 Å². The Morgan fingerprint density at radius 3 is 2.61 bits per heavy atom. The summed E-state index contributed by atoms with van der Waals surface area (Å²) in [6.07, 6.45) is 0.438. The predicted octanol–water partition coefficient (Wildman–Crippen LogP) is 5.11. The molecule has 0 radical (unpaired) electrons. The number of nitrogens with one attached hydrogen (secondary N) is 1. The molecule has 0 saturated carbocycles. The minimum Gasteiger partial charge on any atom is -0.493 e. The van der Waals surface area contributed by atoms with Crippen LogP contribution in [0.5, 0.6) is 11.5 Å². The summed E-state index contributed by atoms with van der Waals surface area (Å²) < 4.78 is 11.4. The lowest BCUT2D eigenvalue weighted by atomic mass is 9.86. The zero-order valence-corrected chi connectivity index (χ0v) is 22.0. The van der Waals surface area contributed by atoms with E-state index in [1.165, 1.54) is 0 Å². The van der Waals surface area contributed by atoms with Gasteiger partial charge in [-0.3, -0.25) is 9.59 Å². The lowest BCUT2D eigenvalue weighted by Gasteiger charge is -2.47. The van der Waals surface area contributed by atoms with Gasteiger partial charge >= 0.3 is 0 Å². The molecule has 194 valence electrons. The van der Waals surface area contributed by atoms with Gasteiger partial charge in [-0.2, -0.15) is 0 Å². The molecule has 2 aliphatic rings. The Morgan fingerprint density at radius 1 is 1.03 bits per heavy atom. The van der Waals surface area contributed by atoms with Crippen molar-refractivity contribution in [2.75, 3.05) is 20.3 Å². The predicted molar refractivity (Wildman–Crippen MR) is 146 cm³/mol. The van der Waals surface area contributed by atoms with Gasteiger partial charge in [0.1, 0.15) is 12.6 Å². The number of ether oxygens (including phenoxy) is 2. The third-order valence-corrected chi connectivity index (χ3v) is 7.83. The number of hydrogen-bond acceptors (Lipinski definition) is 4. The number of H-pyrrole nitrogens is 1. The number of carbonyl (C=O) groups excluding carboxylic acids is 2. The number of benzene rings is 3. The van der Waals surface area contributed by atoms with Gasteiger partial charge in [0.2, 0.25) is 11.8 Å². The molecule has 2 amide bonds. The number of nitrogens with zero attached hydrogens (tertiary/aromatic N) is 2. The van der Waals surface area contributed by atoms with Crippen LogP contribution in [0.1, 0.15) is 35.3 Å². The first-order valence-corrected chi connectivity index (χ1v) is 13.1. The van der Waals surface area contributed by atoms with Crippen molar-refractivity contribution >= 4 is 34.3 Å². The Labute approximate surface area is 225 Å². The molecule has 2 atom stereocenters. The lowest BCUT2D eigenvalue weighted by molar-refractivity contribution is -0.159. The van der Waals surface area contributed by atoms with E-state index in [1.54, 1.807) is 23.0 Å². The van der Waals surface area contributed by atoms with Crippen LogP contribution in [0.25, 0.3) is 10.9 Å².